The van der Waals surface area contributed by atoms with Crippen molar-refractivity contribution in [1.29, 1.82) is 0 Å². The first-order valence-corrected chi connectivity index (χ1v) is 6.63. The molecule has 1 amide bonds. The highest BCUT2D eigenvalue weighted by molar-refractivity contribution is 5.86. The molecule has 1 aliphatic rings. The van der Waals surface area contributed by atoms with Gasteiger partial charge in [0.15, 0.2) is 0 Å². The molecule has 0 aromatic carbocycles. The van der Waals surface area contributed by atoms with Crippen LogP contribution in [0.5, 0.6) is 0 Å². The van der Waals surface area contributed by atoms with E-state index in [9.17, 15) is 4.79 Å². The third kappa shape index (κ3) is 3.68. The van der Waals surface area contributed by atoms with E-state index in [1.54, 1.807) is 0 Å². The minimum Gasteiger partial charge on any atom is -0.374 e. The number of carbonyl (C=O) groups is 1. The molecule has 4 heteroatoms. The second-order valence-electron chi connectivity index (χ2n) is 5.34. The maximum atomic E-state index is 12.2. The first-order chi connectivity index (χ1) is 7.96. The Balaban J connectivity index is 2.48. The molecular formula is C13H26N2O2. The smallest absolute Gasteiger partial charge is 0.240 e. The standard InChI is InChI=1S/C13H26N2O2/c1-5-13(8-7-9-15-13)11(16)14-10-12(3,4)17-6-2/h15H,5-10H2,1-4H3,(H,14,16). The highest BCUT2D eigenvalue weighted by Crippen LogP contribution is 2.23. The molecule has 0 aromatic heterocycles. The molecule has 0 aromatic rings. The molecular weight excluding hydrogens is 216 g/mol. The quantitative estimate of drug-likeness (QED) is 0.741. The molecule has 0 bridgehead atoms. The van der Waals surface area contributed by atoms with E-state index in [-0.39, 0.29) is 17.0 Å². The SMILES string of the molecule is CCOC(C)(C)CNC(=O)C1(CC)CCCN1. The van der Waals surface area contributed by atoms with Crippen LogP contribution in [0.3, 0.4) is 0 Å². The number of hydrogen-bond donors (Lipinski definition) is 2. The maximum Gasteiger partial charge on any atom is 0.240 e. The number of ether oxygens (including phenoxy) is 1. The molecule has 1 saturated heterocycles. The van der Waals surface area contributed by atoms with Gasteiger partial charge >= 0.3 is 0 Å². The van der Waals surface area contributed by atoms with Crippen LogP contribution in [-0.4, -0.2) is 36.7 Å². The summed E-state index contributed by atoms with van der Waals surface area (Å²) < 4.78 is 5.57. The van der Waals surface area contributed by atoms with Crippen molar-refractivity contribution >= 4 is 5.91 Å². The van der Waals surface area contributed by atoms with Crippen molar-refractivity contribution < 1.29 is 9.53 Å². The first-order valence-electron chi connectivity index (χ1n) is 6.63. The van der Waals surface area contributed by atoms with E-state index in [0.29, 0.717) is 13.2 Å². The van der Waals surface area contributed by atoms with E-state index in [1.165, 1.54) is 0 Å². The summed E-state index contributed by atoms with van der Waals surface area (Å²) in [6.07, 6.45) is 2.86. The van der Waals surface area contributed by atoms with Crippen LogP contribution < -0.4 is 10.6 Å². The van der Waals surface area contributed by atoms with Crippen molar-refractivity contribution in [3.63, 3.8) is 0 Å². The molecule has 1 aliphatic heterocycles. The van der Waals surface area contributed by atoms with E-state index < -0.39 is 0 Å². The van der Waals surface area contributed by atoms with Crippen LogP contribution in [0.25, 0.3) is 0 Å². The molecule has 0 saturated carbocycles. The lowest BCUT2D eigenvalue weighted by Crippen LogP contribution is -2.55. The highest BCUT2D eigenvalue weighted by atomic mass is 16.5. The molecule has 0 aliphatic carbocycles. The van der Waals surface area contributed by atoms with Gasteiger partial charge in [-0.3, -0.25) is 4.79 Å². The number of hydrogen-bond acceptors (Lipinski definition) is 3. The second kappa shape index (κ2) is 5.83. The molecule has 0 radical (unpaired) electrons. The third-order valence-corrected chi connectivity index (χ3v) is 3.49. The molecule has 1 rings (SSSR count). The monoisotopic (exact) mass is 242 g/mol. The molecule has 1 unspecified atom stereocenters. The number of amides is 1. The highest BCUT2D eigenvalue weighted by Gasteiger charge is 2.39. The fourth-order valence-corrected chi connectivity index (χ4v) is 2.37. The van der Waals surface area contributed by atoms with Gasteiger partial charge in [-0.2, -0.15) is 0 Å². The zero-order valence-corrected chi connectivity index (χ0v) is 11.6. The molecule has 17 heavy (non-hydrogen) atoms. The fraction of sp³-hybridized carbons (Fsp3) is 0.923. The summed E-state index contributed by atoms with van der Waals surface area (Å²) in [6.45, 7) is 10.2. The van der Waals surface area contributed by atoms with Crippen LogP contribution in [0.15, 0.2) is 0 Å². The van der Waals surface area contributed by atoms with Crippen LogP contribution >= 0.6 is 0 Å². The van der Waals surface area contributed by atoms with Gasteiger partial charge in [0.05, 0.1) is 11.1 Å². The Bertz CT molecular complexity index is 258. The topological polar surface area (TPSA) is 50.4 Å². The Hall–Kier alpha value is -0.610. The van der Waals surface area contributed by atoms with Gasteiger partial charge in [-0.15, -0.1) is 0 Å². The van der Waals surface area contributed by atoms with Gasteiger partial charge in [0, 0.05) is 13.2 Å². The average Bonchev–Trinajstić information content (AvgIpc) is 2.75. The number of nitrogens with one attached hydrogen (secondary N) is 2. The zero-order chi connectivity index (χ0) is 12.9. The predicted molar refractivity (Wildman–Crippen MR) is 69.0 cm³/mol. The predicted octanol–water partition coefficient (Wildman–Crippen LogP) is 1.45. The third-order valence-electron chi connectivity index (χ3n) is 3.49. The van der Waals surface area contributed by atoms with Crippen LogP contribution in [0.2, 0.25) is 0 Å². The van der Waals surface area contributed by atoms with Gasteiger partial charge in [-0.25, -0.2) is 0 Å². The zero-order valence-electron chi connectivity index (χ0n) is 11.6. The lowest BCUT2D eigenvalue weighted by molar-refractivity contribution is -0.128. The molecule has 100 valence electrons. The van der Waals surface area contributed by atoms with E-state index >= 15 is 0 Å². The van der Waals surface area contributed by atoms with Crippen molar-refractivity contribution in [2.75, 3.05) is 19.7 Å². The minimum atomic E-state index is -0.345. The van der Waals surface area contributed by atoms with Gasteiger partial charge in [-0.1, -0.05) is 6.92 Å². The van der Waals surface area contributed by atoms with E-state index in [4.69, 9.17) is 4.74 Å². The minimum absolute atomic E-state index is 0.116. The molecule has 1 heterocycles. The second-order valence-corrected chi connectivity index (χ2v) is 5.34. The Labute approximate surface area is 104 Å². The van der Waals surface area contributed by atoms with Crippen LogP contribution in [-0.2, 0) is 9.53 Å². The van der Waals surface area contributed by atoms with Crippen LogP contribution in [0.4, 0.5) is 0 Å². The first kappa shape index (κ1) is 14.5. The normalized spacial score (nSPS) is 24.9. The summed E-state index contributed by atoms with van der Waals surface area (Å²) in [4.78, 5) is 12.2. The summed E-state index contributed by atoms with van der Waals surface area (Å²) in [5.41, 5.74) is -0.639. The van der Waals surface area contributed by atoms with E-state index in [0.717, 1.165) is 25.8 Å². The molecule has 0 spiro atoms. The molecule has 1 atom stereocenters. The Kier molecular flexibility index (Phi) is 4.95. The number of rotatable bonds is 6. The summed E-state index contributed by atoms with van der Waals surface area (Å²) in [6, 6.07) is 0. The van der Waals surface area contributed by atoms with Gasteiger partial charge in [0.1, 0.15) is 0 Å². The lowest BCUT2D eigenvalue weighted by atomic mass is 9.93. The van der Waals surface area contributed by atoms with E-state index in [2.05, 4.69) is 17.6 Å². The van der Waals surface area contributed by atoms with Crippen molar-refractivity contribution in [2.24, 2.45) is 0 Å². The van der Waals surface area contributed by atoms with Crippen molar-refractivity contribution in [1.82, 2.24) is 10.6 Å². The lowest BCUT2D eigenvalue weighted by Gasteiger charge is -2.30. The van der Waals surface area contributed by atoms with Gasteiger partial charge in [-0.05, 0) is 46.6 Å². The molecule has 1 fully saturated rings. The Morgan fingerprint density at radius 1 is 1.47 bits per heavy atom. The molecule has 4 nitrogen and oxygen atoms in total. The Morgan fingerprint density at radius 2 is 2.18 bits per heavy atom. The summed E-state index contributed by atoms with van der Waals surface area (Å²) in [5.74, 6) is 0.116. The fourth-order valence-electron chi connectivity index (χ4n) is 2.37. The van der Waals surface area contributed by atoms with Crippen molar-refractivity contribution in [3.8, 4) is 0 Å². The van der Waals surface area contributed by atoms with Gasteiger partial charge < -0.3 is 15.4 Å². The number of carbonyl (C=O) groups excluding carboxylic acids is 1. The largest absolute Gasteiger partial charge is 0.374 e. The van der Waals surface area contributed by atoms with Gasteiger partial charge in [0.25, 0.3) is 0 Å². The van der Waals surface area contributed by atoms with Crippen LogP contribution in [0, 0.1) is 0 Å². The maximum absolute atomic E-state index is 12.2. The molecule has 2 N–H and O–H groups in total. The summed E-state index contributed by atoms with van der Waals surface area (Å²) >= 11 is 0. The summed E-state index contributed by atoms with van der Waals surface area (Å²) in [7, 11) is 0. The average molecular weight is 242 g/mol. The van der Waals surface area contributed by atoms with Crippen molar-refractivity contribution in [2.45, 2.75) is 58.1 Å². The van der Waals surface area contributed by atoms with Gasteiger partial charge in [0.2, 0.25) is 5.91 Å². The Morgan fingerprint density at radius 3 is 2.65 bits per heavy atom. The van der Waals surface area contributed by atoms with E-state index in [1.807, 2.05) is 20.8 Å². The van der Waals surface area contributed by atoms with Crippen molar-refractivity contribution in [3.05, 3.63) is 0 Å². The summed E-state index contributed by atoms with van der Waals surface area (Å²) in [5, 5.41) is 6.35. The van der Waals surface area contributed by atoms with Crippen LogP contribution in [0.1, 0.15) is 47.0 Å².